The van der Waals surface area contributed by atoms with Crippen molar-refractivity contribution in [3.63, 3.8) is 0 Å². The quantitative estimate of drug-likeness (QED) is 0.276. The zero-order chi connectivity index (χ0) is 24.3. The number of rotatable bonds is 15. The molecule has 5 nitrogen and oxygen atoms in total. The van der Waals surface area contributed by atoms with Gasteiger partial charge in [-0.2, -0.15) is 0 Å². The molecular formula is C29H41NO4. The molecule has 2 N–H and O–H groups in total. The Morgan fingerprint density at radius 1 is 0.941 bits per heavy atom. The highest BCUT2D eigenvalue weighted by Gasteiger charge is 2.13. The van der Waals surface area contributed by atoms with Gasteiger partial charge in [0.25, 0.3) is 0 Å². The average Bonchev–Trinajstić information content (AvgIpc) is 3.23. The number of aliphatic hydroxyl groups excluding tert-OH is 2. The van der Waals surface area contributed by atoms with E-state index in [9.17, 15) is 10.2 Å². The van der Waals surface area contributed by atoms with E-state index in [4.69, 9.17) is 9.47 Å². The van der Waals surface area contributed by atoms with E-state index < -0.39 is 6.10 Å². The molecule has 0 saturated carbocycles. The summed E-state index contributed by atoms with van der Waals surface area (Å²) in [6.45, 7) is 6.16. The smallest absolute Gasteiger partial charge is 0.119 e. The third-order valence-electron chi connectivity index (χ3n) is 6.52. The van der Waals surface area contributed by atoms with Crippen LogP contribution in [-0.2, 0) is 17.7 Å². The van der Waals surface area contributed by atoms with E-state index in [-0.39, 0.29) is 19.1 Å². The molecule has 2 aromatic carbocycles. The van der Waals surface area contributed by atoms with Crippen LogP contribution in [0, 0.1) is 5.92 Å². The molecule has 0 radical (unpaired) electrons. The molecule has 2 atom stereocenters. The molecule has 0 aliphatic rings. The van der Waals surface area contributed by atoms with Gasteiger partial charge >= 0.3 is 0 Å². The van der Waals surface area contributed by atoms with Gasteiger partial charge in [0.05, 0.1) is 12.7 Å². The van der Waals surface area contributed by atoms with Gasteiger partial charge in [0, 0.05) is 42.8 Å². The Morgan fingerprint density at radius 2 is 1.74 bits per heavy atom. The van der Waals surface area contributed by atoms with Gasteiger partial charge in [-0.25, -0.2) is 0 Å². The molecule has 34 heavy (non-hydrogen) atoms. The molecule has 2 unspecified atom stereocenters. The molecule has 1 aromatic heterocycles. The van der Waals surface area contributed by atoms with Crippen LogP contribution < -0.4 is 4.74 Å². The number of methoxy groups -OCH3 is 1. The molecule has 3 aromatic rings. The van der Waals surface area contributed by atoms with Crippen molar-refractivity contribution < 1.29 is 19.7 Å². The Bertz CT molecular complexity index is 995. The van der Waals surface area contributed by atoms with E-state index >= 15 is 0 Å². The SMILES string of the molecule is CCCCCc1ccc2cc(-c3ccc(OCC(O)CCC(CO)COC)cc3)n(CC)c2c1. The number of ether oxygens (including phenoxy) is 2. The lowest BCUT2D eigenvalue weighted by atomic mass is 10.0. The largest absolute Gasteiger partial charge is 0.491 e. The molecule has 0 amide bonds. The summed E-state index contributed by atoms with van der Waals surface area (Å²) in [5, 5.41) is 20.9. The topological polar surface area (TPSA) is 63.9 Å². The number of unbranched alkanes of at least 4 members (excludes halogenated alkanes) is 2. The van der Waals surface area contributed by atoms with Crippen molar-refractivity contribution in [1.29, 1.82) is 0 Å². The second-order valence-electron chi connectivity index (χ2n) is 9.19. The van der Waals surface area contributed by atoms with Crippen LogP contribution in [0.25, 0.3) is 22.2 Å². The van der Waals surface area contributed by atoms with Crippen molar-refractivity contribution in [2.45, 2.75) is 65.0 Å². The predicted octanol–water partition coefficient (Wildman–Crippen LogP) is 5.84. The van der Waals surface area contributed by atoms with Gasteiger partial charge in [-0.1, -0.05) is 31.9 Å². The van der Waals surface area contributed by atoms with Crippen LogP contribution in [0.1, 0.15) is 51.5 Å². The van der Waals surface area contributed by atoms with Crippen molar-refractivity contribution in [3.8, 4) is 17.0 Å². The zero-order valence-electron chi connectivity index (χ0n) is 21.0. The van der Waals surface area contributed by atoms with E-state index in [1.165, 1.54) is 41.4 Å². The van der Waals surface area contributed by atoms with Gasteiger partial charge in [-0.15, -0.1) is 0 Å². The number of aryl methyl sites for hydroxylation is 2. The number of nitrogens with zero attached hydrogens (tertiary/aromatic N) is 1. The second-order valence-corrected chi connectivity index (χ2v) is 9.19. The van der Waals surface area contributed by atoms with Crippen molar-refractivity contribution in [2.24, 2.45) is 5.92 Å². The lowest BCUT2D eigenvalue weighted by Crippen LogP contribution is -2.21. The van der Waals surface area contributed by atoms with Crippen LogP contribution in [0.5, 0.6) is 5.75 Å². The minimum atomic E-state index is -0.570. The Balaban J connectivity index is 1.64. The summed E-state index contributed by atoms with van der Waals surface area (Å²) >= 11 is 0. The number of hydrogen-bond acceptors (Lipinski definition) is 4. The minimum absolute atomic E-state index is 0.0525. The fourth-order valence-corrected chi connectivity index (χ4v) is 4.50. The summed E-state index contributed by atoms with van der Waals surface area (Å²) in [4.78, 5) is 0. The maximum absolute atomic E-state index is 10.2. The first-order chi connectivity index (χ1) is 16.6. The lowest BCUT2D eigenvalue weighted by molar-refractivity contribution is 0.0688. The van der Waals surface area contributed by atoms with Crippen LogP contribution in [0.15, 0.2) is 48.5 Å². The highest BCUT2D eigenvalue weighted by molar-refractivity contribution is 5.87. The molecule has 0 fully saturated rings. The lowest BCUT2D eigenvalue weighted by Gasteiger charge is -2.16. The maximum atomic E-state index is 10.2. The fraction of sp³-hybridized carbons (Fsp3) is 0.517. The molecular weight excluding hydrogens is 426 g/mol. The Kier molecular flexibility index (Phi) is 10.4. The summed E-state index contributed by atoms with van der Waals surface area (Å²) in [6.07, 6.45) is 5.61. The average molecular weight is 468 g/mol. The molecule has 0 aliphatic carbocycles. The molecule has 186 valence electrons. The van der Waals surface area contributed by atoms with Gasteiger partial charge in [-0.3, -0.25) is 0 Å². The fourth-order valence-electron chi connectivity index (χ4n) is 4.50. The van der Waals surface area contributed by atoms with Crippen LogP contribution in [0.4, 0.5) is 0 Å². The van der Waals surface area contributed by atoms with E-state index in [1.54, 1.807) is 7.11 Å². The molecule has 3 rings (SSSR count). The van der Waals surface area contributed by atoms with Crippen molar-refractivity contribution in [2.75, 3.05) is 26.9 Å². The number of hydrogen-bond donors (Lipinski definition) is 2. The van der Waals surface area contributed by atoms with Gasteiger partial charge in [-0.05, 0) is 80.1 Å². The van der Waals surface area contributed by atoms with Gasteiger partial charge in [0.2, 0.25) is 0 Å². The van der Waals surface area contributed by atoms with Crippen molar-refractivity contribution in [1.82, 2.24) is 4.57 Å². The zero-order valence-corrected chi connectivity index (χ0v) is 21.0. The third-order valence-corrected chi connectivity index (χ3v) is 6.52. The first kappa shape index (κ1) is 26.3. The molecule has 0 bridgehead atoms. The van der Waals surface area contributed by atoms with E-state index in [1.807, 2.05) is 12.1 Å². The summed E-state index contributed by atoms with van der Waals surface area (Å²) in [7, 11) is 1.62. The molecule has 5 heteroatoms. The monoisotopic (exact) mass is 467 g/mol. The highest BCUT2D eigenvalue weighted by atomic mass is 16.5. The minimum Gasteiger partial charge on any atom is -0.491 e. The van der Waals surface area contributed by atoms with Crippen LogP contribution in [0.2, 0.25) is 0 Å². The second kappa shape index (κ2) is 13.5. The maximum Gasteiger partial charge on any atom is 0.119 e. The first-order valence-corrected chi connectivity index (χ1v) is 12.7. The Labute approximate surface area is 204 Å². The van der Waals surface area contributed by atoms with Crippen LogP contribution in [0.3, 0.4) is 0 Å². The van der Waals surface area contributed by atoms with E-state index in [0.29, 0.717) is 19.4 Å². The predicted molar refractivity (Wildman–Crippen MR) is 139 cm³/mol. The van der Waals surface area contributed by atoms with Gasteiger partial charge in [0.15, 0.2) is 0 Å². The Hall–Kier alpha value is -2.34. The van der Waals surface area contributed by atoms with Gasteiger partial charge < -0.3 is 24.3 Å². The number of aliphatic hydroxyl groups is 2. The van der Waals surface area contributed by atoms with E-state index in [0.717, 1.165) is 24.3 Å². The van der Waals surface area contributed by atoms with Crippen LogP contribution in [-0.4, -0.2) is 47.8 Å². The number of fused-ring (bicyclic) bond motifs is 1. The number of aromatic nitrogens is 1. The van der Waals surface area contributed by atoms with Crippen molar-refractivity contribution in [3.05, 3.63) is 54.1 Å². The Morgan fingerprint density at radius 3 is 2.41 bits per heavy atom. The molecule has 1 heterocycles. The van der Waals surface area contributed by atoms with Gasteiger partial charge in [0.1, 0.15) is 12.4 Å². The summed E-state index contributed by atoms with van der Waals surface area (Å²) < 4.78 is 13.3. The van der Waals surface area contributed by atoms with Crippen LogP contribution >= 0.6 is 0 Å². The summed E-state index contributed by atoms with van der Waals surface area (Å²) in [5.41, 5.74) is 5.08. The molecule has 0 saturated heterocycles. The highest BCUT2D eigenvalue weighted by Crippen LogP contribution is 2.30. The van der Waals surface area contributed by atoms with Crippen molar-refractivity contribution >= 4 is 10.9 Å². The normalized spacial score (nSPS) is 13.3. The number of benzene rings is 2. The molecule has 0 aliphatic heterocycles. The summed E-state index contributed by atoms with van der Waals surface area (Å²) in [5.74, 6) is 0.799. The van der Waals surface area contributed by atoms with E-state index in [2.05, 4.69) is 54.8 Å². The standard InChI is InChI=1S/C29H41NO4/c1-4-6-7-8-22-9-11-25-18-29(30(5-2)28(25)17-22)24-12-15-27(16-13-24)34-21-26(32)14-10-23(19-31)20-33-3/h9,11-13,15-18,23,26,31-32H,4-8,10,14,19-21H2,1-3H3. The third kappa shape index (κ3) is 7.08. The molecule has 0 spiro atoms. The first-order valence-electron chi connectivity index (χ1n) is 12.7. The summed E-state index contributed by atoms with van der Waals surface area (Å²) in [6, 6.07) is 17.3.